The Labute approximate surface area is 227 Å². The van der Waals surface area contributed by atoms with Gasteiger partial charge in [-0.1, -0.05) is 72.8 Å². The minimum atomic E-state index is -0.268. The van der Waals surface area contributed by atoms with Crippen molar-refractivity contribution in [2.24, 2.45) is 0 Å². The SMILES string of the molecule is COc1ccc(-c2n[nH]c3c2C(c2ccc(OCc4ccccc4)cc2)N(CCc2ccccc2)C3=O)cc1. The maximum absolute atomic E-state index is 13.7. The van der Waals surface area contributed by atoms with Crippen LogP contribution in [0, 0.1) is 0 Å². The lowest BCUT2D eigenvalue weighted by molar-refractivity contribution is 0.0746. The van der Waals surface area contributed by atoms with Crippen LogP contribution in [0.2, 0.25) is 0 Å². The molecule has 0 aliphatic carbocycles. The van der Waals surface area contributed by atoms with Crippen LogP contribution < -0.4 is 9.47 Å². The zero-order valence-electron chi connectivity index (χ0n) is 21.7. The van der Waals surface area contributed by atoms with Gasteiger partial charge in [0, 0.05) is 17.7 Å². The predicted octanol–water partition coefficient (Wildman–Crippen LogP) is 6.45. The van der Waals surface area contributed by atoms with Gasteiger partial charge in [0.1, 0.15) is 23.8 Å². The summed E-state index contributed by atoms with van der Waals surface area (Å²) >= 11 is 0. The van der Waals surface area contributed by atoms with Crippen molar-refractivity contribution >= 4 is 5.91 Å². The molecule has 39 heavy (non-hydrogen) atoms. The number of amides is 1. The molecular formula is C33H29N3O3. The van der Waals surface area contributed by atoms with Crippen LogP contribution in [0.1, 0.15) is 38.8 Å². The quantitative estimate of drug-likeness (QED) is 0.245. The lowest BCUT2D eigenvalue weighted by Gasteiger charge is -2.26. The molecule has 6 heteroatoms. The normalized spacial score (nSPS) is 14.3. The lowest BCUT2D eigenvalue weighted by atomic mass is 9.95. The van der Waals surface area contributed by atoms with Crippen LogP contribution in [0.3, 0.4) is 0 Å². The van der Waals surface area contributed by atoms with E-state index in [1.54, 1.807) is 7.11 Å². The van der Waals surface area contributed by atoms with E-state index >= 15 is 0 Å². The van der Waals surface area contributed by atoms with Gasteiger partial charge in [-0.2, -0.15) is 5.10 Å². The third-order valence-electron chi connectivity index (χ3n) is 7.16. The second-order valence-electron chi connectivity index (χ2n) is 9.57. The van der Waals surface area contributed by atoms with Gasteiger partial charge in [-0.15, -0.1) is 0 Å². The van der Waals surface area contributed by atoms with Gasteiger partial charge >= 0.3 is 0 Å². The van der Waals surface area contributed by atoms with E-state index in [9.17, 15) is 4.79 Å². The van der Waals surface area contributed by atoms with Crippen molar-refractivity contribution in [2.45, 2.75) is 19.1 Å². The number of methoxy groups -OCH3 is 1. The molecule has 0 saturated carbocycles. The number of aromatic amines is 1. The highest BCUT2D eigenvalue weighted by atomic mass is 16.5. The summed E-state index contributed by atoms with van der Waals surface area (Å²) < 4.78 is 11.4. The van der Waals surface area contributed by atoms with Gasteiger partial charge < -0.3 is 14.4 Å². The molecule has 0 fully saturated rings. The van der Waals surface area contributed by atoms with E-state index in [1.807, 2.05) is 102 Å². The second-order valence-corrected chi connectivity index (χ2v) is 9.57. The summed E-state index contributed by atoms with van der Waals surface area (Å²) in [6.07, 6.45) is 0.761. The van der Waals surface area contributed by atoms with E-state index in [0.29, 0.717) is 18.8 Å². The Kier molecular flexibility index (Phi) is 6.83. The molecule has 1 atom stereocenters. The van der Waals surface area contributed by atoms with Crippen molar-refractivity contribution in [1.29, 1.82) is 0 Å². The van der Waals surface area contributed by atoms with Gasteiger partial charge in [0.05, 0.1) is 18.8 Å². The maximum Gasteiger partial charge on any atom is 0.273 e. The van der Waals surface area contributed by atoms with Crippen LogP contribution in [0.15, 0.2) is 109 Å². The molecular weight excluding hydrogens is 486 g/mol. The molecule has 5 aromatic rings. The first-order valence-electron chi connectivity index (χ1n) is 13.1. The van der Waals surface area contributed by atoms with Crippen molar-refractivity contribution < 1.29 is 14.3 Å². The molecule has 0 radical (unpaired) electrons. The van der Waals surface area contributed by atoms with Gasteiger partial charge in [0.2, 0.25) is 0 Å². The van der Waals surface area contributed by atoms with Crippen LogP contribution in [0.25, 0.3) is 11.3 Å². The van der Waals surface area contributed by atoms with E-state index in [1.165, 1.54) is 5.56 Å². The standard InChI is InChI=1S/C33H29N3O3/c1-38-27-16-12-25(13-17-27)30-29-31(35-34-30)33(37)36(21-20-23-8-4-2-5-9-23)32(29)26-14-18-28(19-15-26)39-22-24-10-6-3-7-11-24/h2-19,32H,20-22H2,1H3,(H,34,35). The van der Waals surface area contributed by atoms with Crippen LogP contribution in [0.4, 0.5) is 0 Å². The summed E-state index contributed by atoms with van der Waals surface area (Å²) in [6.45, 7) is 1.09. The molecule has 2 heterocycles. The maximum atomic E-state index is 13.7. The highest BCUT2D eigenvalue weighted by Gasteiger charge is 2.41. The molecule has 6 rings (SSSR count). The van der Waals surface area contributed by atoms with Crippen LogP contribution in [0.5, 0.6) is 11.5 Å². The van der Waals surface area contributed by atoms with Crippen LogP contribution >= 0.6 is 0 Å². The number of carbonyl (C=O) groups is 1. The van der Waals surface area contributed by atoms with Gasteiger partial charge in [-0.05, 0) is 59.5 Å². The Morgan fingerprint density at radius 3 is 2.10 bits per heavy atom. The highest BCUT2D eigenvalue weighted by molar-refractivity contribution is 6.00. The Morgan fingerprint density at radius 1 is 0.795 bits per heavy atom. The molecule has 4 aromatic carbocycles. The van der Waals surface area contributed by atoms with Crippen LogP contribution in [-0.4, -0.2) is 34.7 Å². The molecule has 1 unspecified atom stereocenters. The van der Waals surface area contributed by atoms with E-state index in [4.69, 9.17) is 9.47 Å². The van der Waals surface area contributed by atoms with E-state index in [0.717, 1.165) is 45.9 Å². The van der Waals surface area contributed by atoms with E-state index in [2.05, 4.69) is 22.3 Å². The zero-order valence-corrected chi connectivity index (χ0v) is 21.7. The van der Waals surface area contributed by atoms with Crippen molar-refractivity contribution in [3.63, 3.8) is 0 Å². The van der Waals surface area contributed by atoms with Gasteiger partial charge in [-0.3, -0.25) is 9.89 Å². The number of nitrogens with one attached hydrogen (secondary N) is 1. The molecule has 194 valence electrons. The first-order valence-corrected chi connectivity index (χ1v) is 13.1. The largest absolute Gasteiger partial charge is 0.497 e. The predicted molar refractivity (Wildman–Crippen MR) is 151 cm³/mol. The first-order chi connectivity index (χ1) is 19.2. The smallest absolute Gasteiger partial charge is 0.273 e. The average molecular weight is 516 g/mol. The topological polar surface area (TPSA) is 67.5 Å². The lowest BCUT2D eigenvalue weighted by Crippen LogP contribution is -2.31. The molecule has 0 saturated heterocycles. The summed E-state index contributed by atoms with van der Waals surface area (Å²) in [5, 5.41) is 7.63. The minimum Gasteiger partial charge on any atom is -0.497 e. The van der Waals surface area contributed by atoms with E-state index < -0.39 is 0 Å². The number of rotatable bonds is 9. The molecule has 0 bridgehead atoms. The number of carbonyl (C=O) groups excluding carboxylic acids is 1. The zero-order chi connectivity index (χ0) is 26.6. The first kappa shape index (κ1) is 24.5. The molecule has 1 aliphatic rings. The number of fused-ring (bicyclic) bond motifs is 1. The fraction of sp³-hybridized carbons (Fsp3) is 0.152. The van der Waals surface area contributed by atoms with Gasteiger partial charge in [0.15, 0.2) is 0 Å². The number of ether oxygens (including phenoxy) is 2. The van der Waals surface area contributed by atoms with Crippen LogP contribution in [-0.2, 0) is 13.0 Å². The fourth-order valence-corrected chi connectivity index (χ4v) is 5.12. The summed E-state index contributed by atoms with van der Waals surface area (Å²) in [5.41, 5.74) is 6.47. The summed E-state index contributed by atoms with van der Waals surface area (Å²) in [7, 11) is 1.65. The monoisotopic (exact) mass is 515 g/mol. The molecule has 1 amide bonds. The Bertz CT molecular complexity index is 1550. The number of hydrogen-bond acceptors (Lipinski definition) is 4. The highest BCUT2D eigenvalue weighted by Crippen LogP contribution is 2.43. The van der Waals surface area contributed by atoms with Gasteiger partial charge in [0.25, 0.3) is 5.91 Å². The molecule has 1 aliphatic heterocycles. The van der Waals surface area contributed by atoms with Gasteiger partial charge in [-0.25, -0.2) is 0 Å². The minimum absolute atomic E-state index is 0.0393. The molecule has 1 aromatic heterocycles. The summed E-state index contributed by atoms with van der Waals surface area (Å²) in [6, 6.07) is 35.9. The molecule has 6 nitrogen and oxygen atoms in total. The van der Waals surface area contributed by atoms with Crippen molar-refractivity contribution in [1.82, 2.24) is 15.1 Å². The molecule has 1 N–H and O–H groups in total. The number of H-pyrrole nitrogens is 1. The summed E-state index contributed by atoms with van der Waals surface area (Å²) in [5.74, 6) is 1.52. The third kappa shape index (κ3) is 5.01. The number of benzene rings is 4. The number of hydrogen-bond donors (Lipinski definition) is 1. The number of nitrogens with zero attached hydrogens (tertiary/aromatic N) is 2. The van der Waals surface area contributed by atoms with Crippen molar-refractivity contribution in [2.75, 3.05) is 13.7 Å². The average Bonchev–Trinajstić information content (AvgIpc) is 3.55. The fourth-order valence-electron chi connectivity index (χ4n) is 5.12. The Balaban J connectivity index is 1.32. The van der Waals surface area contributed by atoms with E-state index in [-0.39, 0.29) is 11.9 Å². The summed E-state index contributed by atoms with van der Waals surface area (Å²) in [4.78, 5) is 15.6. The Morgan fingerprint density at radius 2 is 1.44 bits per heavy atom. The van der Waals surface area contributed by atoms with Crippen molar-refractivity contribution in [3.8, 4) is 22.8 Å². The third-order valence-corrected chi connectivity index (χ3v) is 7.16. The Hall–Kier alpha value is -4.84. The second kappa shape index (κ2) is 10.9. The molecule has 0 spiro atoms. The number of aromatic nitrogens is 2. The van der Waals surface area contributed by atoms with Crippen molar-refractivity contribution in [3.05, 3.63) is 137 Å².